The van der Waals surface area contributed by atoms with Crippen molar-refractivity contribution in [3.05, 3.63) is 70.2 Å². The molecule has 0 aliphatic rings. The molecule has 1 heterocycles. The third-order valence-corrected chi connectivity index (χ3v) is 3.48. The number of anilines is 1. The molecule has 110 valence electrons. The Morgan fingerprint density at radius 3 is 2.77 bits per heavy atom. The normalized spacial score (nSPS) is 10.6. The van der Waals surface area contributed by atoms with Gasteiger partial charge in [0.15, 0.2) is 0 Å². The van der Waals surface area contributed by atoms with Gasteiger partial charge in [0.25, 0.3) is 5.91 Å². The van der Waals surface area contributed by atoms with Crippen molar-refractivity contribution >= 4 is 34.2 Å². The number of benzene rings is 2. The topological polar surface area (TPSA) is 66.1 Å². The fourth-order valence-corrected chi connectivity index (χ4v) is 2.38. The maximum absolute atomic E-state index is 12.4. The van der Waals surface area contributed by atoms with Crippen molar-refractivity contribution in [2.75, 3.05) is 5.32 Å². The second-order valence-electron chi connectivity index (χ2n) is 4.99. The van der Waals surface area contributed by atoms with Crippen molar-refractivity contribution in [3.8, 4) is 0 Å². The van der Waals surface area contributed by atoms with Gasteiger partial charge in [0.05, 0.1) is 0 Å². The molecule has 1 amide bonds. The Morgan fingerprint density at radius 2 is 2.00 bits per heavy atom. The van der Waals surface area contributed by atoms with E-state index in [0.717, 1.165) is 5.56 Å². The van der Waals surface area contributed by atoms with Crippen LogP contribution in [0.5, 0.6) is 0 Å². The number of aryl methyl sites for hydroxylation is 1. The highest BCUT2D eigenvalue weighted by molar-refractivity contribution is 6.31. The van der Waals surface area contributed by atoms with Crippen molar-refractivity contribution in [2.24, 2.45) is 0 Å². The molecule has 2 aromatic carbocycles. The van der Waals surface area contributed by atoms with E-state index in [0.29, 0.717) is 21.7 Å². The maximum atomic E-state index is 12.4. The summed E-state index contributed by atoms with van der Waals surface area (Å²) >= 11 is 5.95. The Hall–Kier alpha value is -2.59. The van der Waals surface area contributed by atoms with Gasteiger partial charge in [-0.3, -0.25) is 10.2 Å². The first-order chi connectivity index (χ1) is 10.5. The van der Waals surface area contributed by atoms with Gasteiger partial charge < -0.3 is 9.73 Å². The number of nitrogens with one attached hydrogen (secondary N) is 2. The lowest BCUT2D eigenvalue weighted by Gasteiger charge is -2.07. The Bertz CT molecular complexity index is 931. The zero-order chi connectivity index (χ0) is 15.7. The molecule has 0 radical (unpaired) electrons. The van der Waals surface area contributed by atoms with Crippen LogP contribution in [0.15, 0.2) is 52.9 Å². The van der Waals surface area contributed by atoms with Crippen LogP contribution in [0.3, 0.4) is 0 Å². The molecule has 2 N–H and O–H groups in total. The summed E-state index contributed by atoms with van der Waals surface area (Å²) in [7, 11) is 0. The van der Waals surface area contributed by atoms with Crippen molar-refractivity contribution in [1.29, 1.82) is 5.41 Å². The number of rotatable bonds is 2. The quantitative estimate of drug-likeness (QED) is 0.747. The van der Waals surface area contributed by atoms with Gasteiger partial charge in [-0.2, -0.15) is 0 Å². The van der Waals surface area contributed by atoms with E-state index in [2.05, 4.69) is 5.32 Å². The molecular weight excluding hydrogens is 300 g/mol. The van der Waals surface area contributed by atoms with E-state index in [1.807, 2.05) is 25.1 Å². The summed E-state index contributed by atoms with van der Waals surface area (Å²) in [4.78, 5) is 12.4. The highest BCUT2D eigenvalue weighted by Crippen LogP contribution is 2.19. The molecule has 5 heteroatoms. The lowest BCUT2D eigenvalue weighted by Crippen LogP contribution is -2.20. The van der Waals surface area contributed by atoms with Gasteiger partial charge in [-0.25, -0.2) is 0 Å². The third-order valence-electron chi connectivity index (χ3n) is 3.25. The fourth-order valence-electron chi connectivity index (χ4n) is 2.20. The average molecular weight is 313 g/mol. The van der Waals surface area contributed by atoms with Crippen LogP contribution in [0, 0.1) is 12.3 Å². The molecule has 4 nitrogen and oxygen atoms in total. The van der Waals surface area contributed by atoms with Crippen molar-refractivity contribution in [3.63, 3.8) is 0 Å². The predicted molar refractivity (Wildman–Crippen MR) is 86.2 cm³/mol. The van der Waals surface area contributed by atoms with E-state index >= 15 is 0 Å². The number of carbonyl (C=O) groups excluding carboxylic acids is 1. The number of carbonyl (C=O) groups is 1. The molecular formula is C17H13ClN2O2. The standard InChI is InChI=1S/C17H13ClN2O2/c1-10-3-2-4-13(7-10)20-17(21)14-9-11-8-12(18)5-6-15(11)22-16(14)19/h2-9,19H,1H3,(H,20,21). The minimum atomic E-state index is -0.388. The van der Waals surface area contributed by atoms with E-state index in [1.54, 1.807) is 30.3 Å². The monoisotopic (exact) mass is 312 g/mol. The summed E-state index contributed by atoms with van der Waals surface area (Å²) < 4.78 is 5.38. The molecule has 0 aliphatic heterocycles. The first kappa shape index (κ1) is 14.4. The Morgan fingerprint density at radius 1 is 1.18 bits per heavy atom. The molecule has 0 fully saturated rings. The lowest BCUT2D eigenvalue weighted by atomic mass is 10.1. The first-order valence-corrected chi connectivity index (χ1v) is 7.07. The molecule has 1 aromatic heterocycles. The second kappa shape index (κ2) is 5.66. The summed E-state index contributed by atoms with van der Waals surface area (Å²) in [5.74, 6) is -0.388. The molecule has 0 bridgehead atoms. The molecule has 3 aromatic rings. The van der Waals surface area contributed by atoms with Crippen molar-refractivity contribution < 1.29 is 9.21 Å². The molecule has 0 saturated heterocycles. The number of halogens is 1. The van der Waals surface area contributed by atoms with Crippen LogP contribution in [-0.4, -0.2) is 5.91 Å². The van der Waals surface area contributed by atoms with Crippen molar-refractivity contribution in [2.45, 2.75) is 6.92 Å². The summed E-state index contributed by atoms with van der Waals surface area (Å²) in [6, 6.07) is 14.1. The first-order valence-electron chi connectivity index (χ1n) is 6.69. The number of fused-ring (bicyclic) bond motifs is 1. The van der Waals surface area contributed by atoms with Gasteiger partial charge in [-0.15, -0.1) is 0 Å². The SMILES string of the molecule is Cc1cccc(NC(=O)c2cc3cc(Cl)ccc3oc2=N)c1. The van der Waals surface area contributed by atoms with Crippen LogP contribution >= 0.6 is 11.6 Å². The predicted octanol–water partition coefficient (Wildman–Crippen LogP) is 4.13. The Kier molecular flexibility index (Phi) is 3.69. The van der Waals surface area contributed by atoms with Crippen molar-refractivity contribution in [1.82, 2.24) is 0 Å². The van der Waals surface area contributed by atoms with Gasteiger partial charge >= 0.3 is 0 Å². The maximum Gasteiger partial charge on any atom is 0.261 e. The number of amides is 1. The molecule has 3 rings (SSSR count). The second-order valence-corrected chi connectivity index (χ2v) is 5.43. The van der Waals surface area contributed by atoms with E-state index in [4.69, 9.17) is 21.4 Å². The van der Waals surface area contributed by atoms with Gasteiger partial charge in [0.2, 0.25) is 5.55 Å². The fraction of sp³-hybridized carbons (Fsp3) is 0.0588. The van der Waals surface area contributed by atoms with Gasteiger partial charge in [-0.05, 0) is 48.9 Å². The van der Waals surface area contributed by atoms with Crippen LogP contribution in [0.25, 0.3) is 11.0 Å². The van der Waals surface area contributed by atoms with Gasteiger partial charge in [0.1, 0.15) is 11.1 Å². The van der Waals surface area contributed by atoms with Gasteiger partial charge in [0, 0.05) is 16.1 Å². The van der Waals surface area contributed by atoms with E-state index in [9.17, 15) is 4.79 Å². The largest absolute Gasteiger partial charge is 0.438 e. The van der Waals surface area contributed by atoms with E-state index in [1.165, 1.54) is 0 Å². The minimum absolute atomic E-state index is 0.163. The van der Waals surface area contributed by atoms with Crippen LogP contribution in [-0.2, 0) is 0 Å². The molecule has 0 saturated carbocycles. The summed E-state index contributed by atoms with van der Waals surface area (Å²) in [5, 5.41) is 11.9. The Labute approximate surface area is 131 Å². The number of hydrogen-bond donors (Lipinski definition) is 2. The van der Waals surface area contributed by atoms with Crippen LogP contribution < -0.4 is 10.9 Å². The molecule has 0 spiro atoms. The van der Waals surface area contributed by atoms with Crippen LogP contribution in [0.4, 0.5) is 5.69 Å². The molecule has 0 atom stereocenters. The average Bonchev–Trinajstić information content (AvgIpc) is 2.47. The molecule has 0 unspecified atom stereocenters. The zero-order valence-corrected chi connectivity index (χ0v) is 12.6. The van der Waals surface area contributed by atoms with E-state index < -0.39 is 0 Å². The highest BCUT2D eigenvalue weighted by atomic mass is 35.5. The zero-order valence-electron chi connectivity index (χ0n) is 11.8. The summed E-state index contributed by atoms with van der Waals surface area (Å²) in [5.41, 5.74) is 2.22. The Balaban J connectivity index is 2.00. The summed E-state index contributed by atoms with van der Waals surface area (Å²) in [6.07, 6.45) is 0. The lowest BCUT2D eigenvalue weighted by molar-refractivity contribution is 0.102. The highest BCUT2D eigenvalue weighted by Gasteiger charge is 2.12. The smallest absolute Gasteiger partial charge is 0.261 e. The number of hydrogen-bond acceptors (Lipinski definition) is 3. The van der Waals surface area contributed by atoms with E-state index in [-0.39, 0.29) is 17.0 Å². The van der Waals surface area contributed by atoms with Gasteiger partial charge in [-0.1, -0.05) is 23.7 Å². The van der Waals surface area contributed by atoms with Crippen LogP contribution in [0.2, 0.25) is 5.02 Å². The minimum Gasteiger partial charge on any atom is -0.438 e. The third kappa shape index (κ3) is 2.87. The summed E-state index contributed by atoms with van der Waals surface area (Å²) in [6.45, 7) is 1.94. The molecule has 22 heavy (non-hydrogen) atoms. The van der Waals surface area contributed by atoms with Crippen LogP contribution in [0.1, 0.15) is 15.9 Å². The molecule has 0 aliphatic carbocycles.